The highest BCUT2D eigenvalue weighted by Gasteiger charge is 2.15. The molecular formula is C19H22N6O. The van der Waals surface area contributed by atoms with Crippen LogP contribution in [0.15, 0.2) is 30.6 Å². The van der Waals surface area contributed by atoms with Crippen LogP contribution in [0.3, 0.4) is 0 Å². The molecule has 1 amide bonds. The summed E-state index contributed by atoms with van der Waals surface area (Å²) in [4.78, 5) is 23.7. The first-order chi connectivity index (χ1) is 12.7. The highest BCUT2D eigenvalue weighted by atomic mass is 16.2. The van der Waals surface area contributed by atoms with Crippen LogP contribution in [-0.2, 0) is 13.0 Å². The summed E-state index contributed by atoms with van der Waals surface area (Å²) >= 11 is 0. The number of amides is 1. The van der Waals surface area contributed by atoms with E-state index < -0.39 is 0 Å². The number of imidazole rings is 1. The van der Waals surface area contributed by atoms with Crippen LogP contribution in [0.5, 0.6) is 0 Å². The molecule has 0 radical (unpaired) electrons. The zero-order valence-electron chi connectivity index (χ0n) is 14.8. The Morgan fingerprint density at radius 1 is 1.46 bits per heavy atom. The smallest absolute Gasteiger partial charge is 0.287 e. The molecule has 0 fully saturated rings. The van der Waals surface area contributed by atoms with Gasteiger partial charge in [0, 0.05) is 30.0 Å². The van der Waals surface area contributed by atoms with E-state index >= 15 is 0 Å². The van der Waals surface area contributed by atoms with Crippen LogP contribution in [0, 0.1) is 0 Å². The van der Waals surface area contributed by atoms with E-state index in [9.17, 15) is 4.79 Å². The molecule has 0 spiro atoms. The normalized spacial score (nSPS) is 15.3. The molecule has 4 rings (SSSR count). The van der Waals surface area contributed by atoms with Crippen LogP contribution in [0.4, 0.5) is 0 Å². The van der Waals surface area contributed by atoms with Crippen molar-refractivity contribution in [2.75, 3.05) is 0 Å². The number of carbonyl (C=O) groups excluding carboxylic acids is 1. The van der Waals surface area contributed by atoms with Crippen molar-refractivity contribution in [2.24, 2.45) is 0 Å². The highest BCUT2D eigenvalue weighted by Crippen LogP contribution is 2.19. The van der Waals surface area contributed by atoms with Crippen molar-refractivity contribution in [3.05, 3.63) is 47.7 Å². The molecule has 1 aliphatic rings. The molecule has 0 bridgehead atoms. The van der Waals surface area contributed by atoms with Crippen molar-refractivity contribution in [3.63, 3.8) is 0 Å². The van der Waals surface area contributed by atoms with Gasteiger partial charge in [-0.25, -0.2) is 9.97 Å². The molecule has 26 heavy (non-hydrogen) atoms. The second kappa shape index (κ2) is 7.11. The Kier molecular flexibility index (Phi) is 4.51. The van der Waals surface area contributed by atoms with Crippen LogP contribution >= 0.6 is 0 Å². The van der Waals surface area contributed by atoms with Gasteiger partial charge in [0.2, 0.25) is 0 Å². The fourth-order valence-corrected chi connectivity index (χ4v) is 3.29. The zero-order valence-corrected chi connectivity index (χ0v) is 14.8. The lowest BCUT2D eigenvalue weighted by Gasteiger charge is -2.13. The molecule has 0 aromatic carbocycles. The minimum atomic E-state index is -0.216. The number of fused-ring (bicyclic) bond motifs is 2. The molecule has 1 atom stereocenters. The molecule has 0 unspecified atom stereocenters. The number of aromatic amines is 1. The number of aryl methyl sites for hydroxylation is 1. The Labute approximate surface area is 151 Å². The molecule has 134 valence electrons. The molecule has 7 heteroatoms. The standard InChI is InChI=1S/C19H22N6O/c1-13(6-4-7-14-12-21-25-11-3-2-9-16(14)25)22-19(26)18-23-15-8-5-10-20-17(15)24-18/h4-5,7-8,10,12-13H,2-3,6,9,11H2,1H3,(H,22,26)(H,20,23,24)/b7-4+/t13-/m0/s1. The number of H-pyrrole nitrogens is 1. The van der Waals surface area contributed by atoms with Gasteiger partial charge in [-0.2, -0.15) is 5.10 Å². The predicted molar refractivity (Wildman–Crippen MR) is 99.6 cm³/mol. The van der Waals surface area contributed by atoms with Crippen LogP contribution in [-0.4, -0.2) is 36.7 Å². The molecule has 2 N–H and O–H groups in total. The molecule has 4 heterocycles. The number of aromatic nitrogens is 5. The third kappa shape index (κ3) is 3.37. The number of hydrogen-bond acceptors (Lipinski definition) is 4. The molecular weight excluding hydrogens is 328 g/mol. The molecule has 1 aliphatic heterocycles. The molecule has 0 saturated heterocycles. The summed E-state index contributed by atoms with van der Waals surface area (Å²) in [5, 5.41) is 7.41. The van der Waals surface area contributed by atoms with Gasteiger partial charge < -0.3 is 10.3 Å². The summed E-state index contributed by atoms with van der Waals surface area (Å²) in [5.74, 6) is 0.0760. The Bertz CT molecular complexity index is 921. The zero-order chi connectivity index (χ0) is 17.9. The van der Waals surface area contributed by atoms with E-state index in [1.807, 2.05) is 25.3 Å². The average molecular weight is 350 g/mol. The van der Waals surface area contributed by atoms with Gasteiger partial charge in [-0.1, -0.05) is 12.2 Å². The van der Waals surface area contributed by atoms with Gasteiger partial charge in [-0.15, -0.1) is 0 Å². The lowest BCUT2D eigenvalue weighted by Crippen LogP contribution is -2.32. The topological polar surface area (TPSA) is 88.5 Å². The first kappa shape index (κ1) is 16.5. The molecule has 3 aromatic heterocycles. The maximum absolute atomic E-state index is 12.3. The number of hydrogen-bond donors (Lipinski definition) is 2. The van der Waals surface area contributed by atoms with E-state index in [-0.39, 0.29) is 11.9 Å². The maximum Gasteiger partial charge on any atom is 0.287 e. The molecule has 7 nitrogen and oxygen atoms in total. The fraction of sp³-hybridized carbons (Fsp3) is 0.368. The molecule has 3 aromatic rings. The van der Waals surface area contributed by atoms with E-state index in [1.54, 1.807) is 6.20 Å². The number of nitrogens with one attached hydrogen (secondary N) is 2. The van der Waals surface area contributed by atoms with Crippen molar-refractivity contribution in [3.8, 4) is 0 Å². The number of rotatable bonds is 5. The number of pyridine rings is 1. The van der Waals surface area contributed by atoms with Crippen molar-refractivity contribution in [2.45, 2.75) is 45.2 Å². The first-order valence-corrected chi connectivity index (χ1v) is 9.03. The largest absolute Gasteiger partial charge is 0.347 e. The quantitative estimate of drug-likeness (QED) is 0.740. The monoisotopic (exact) mass is 350 g/mol. The minimum Gasteiger partial charge on any atom is -0.347 e. The maximum atomic E-state index is 12.3. The summed E-state index contributed by atoms with van der Waals surface area (Å²) in [6.45, 7) is 3.00. The fourth-order valence-electron chi connectivity index (χ4n) is 3.29. The second-order valence-corrected chi connectivity index (χ2v) is 6.70. The summed E-state index contributed by atoms with van der Waals surface area (Å²) < 4.78 is 2.10. The highest BCUT2D eigenvalue weighted by molar-refractivity contribution is 5.93. The third-order valence-corrected chi connectivity index (χ3v) is 4.65. The Hall–Kier alpha value is -2.96. The van der Waals surface area contributed by atoms with Crippen LogP contribution in [0.1, 0.15) is 48.1 Å². The van der Waals surface area contributed by atoms with Crippen molar-refractivity contribution in [1.82, 2.24) is 30.0 Å². The predicted octanol–water partition coefficient (Wildman–Crippen LogP) is 2.71. The van der Waals surface area contributed by atoms with Crippen molar-refractivity contribution in [1.29, 1.82) is 0 Å². The van der Waals surface area contributed by atoms with Crippen molar-refractivity contribution < 1.29 is 4.79 Å². The number of carbonyl (C=O) groups is 1. The van der Waals surface area contributed by atoms with Crippen LogP contribution in [0.25, 0.3) is 17.2 Å². The second-order valence-electron chi connectivity index (χ2n) is 6.70. The Morgan fingerprint density at radius 3 is 3.27 bits per heavy atom. The van der Waals surface area contributed by atoms with Gasteiger partial charge in [-0.3, -0.25) is 9.48 Å². The van der Waals surface area contributed by atoms with Crippen LogP contribution < -0.4 is 5.32 Å². The summed E-state index contributed by atoms with van der Waals surface area (Å²) in [6.07, 6.45) is 12.1. The summed E-state index contributed by atoms with van der Waals surface area (Å²) in [6, 6.07) is 3.67. The van der Waals surface area contributed by atoms with E-state index in [4.69, 9.17) is 0 Å². The SMILES string of the molecule is C[C@@H](C/C=C/c1cnn2c1CCCC2)NC(=O)c1nc2ncccc2[nH]1. The lowest BCUT2D eigenvalue weighted by molar-refractivity contribution is 0.0931. The van der Waals surface area contributed by atoms with Gasteiger partial charge in [-0.05, 0) is 44.7 Å². The van der Waals surface area contributed by atoms with Gasteiger partial charge >= 0.3 is 0 Å². The number of nitrogens with zero attached hydrogens (tertiary/aromatic N) is 4. The summed E-state index contributed by atoms with van der Waals surface area (Å²) in [5.41, 5.74) is 3.82. The van der Waals surface area contributed by atoms with Gasteiger partial charge in [0.05, 0.1) is 11.7 Å². The van der Waals surface area contributed by atoms with E-state index in [1.165, 1.54) is 24.1 Å². The Balaban J connectivity index is 1.35. The Morgan fingerprint density at radius 2 is 2.38 bits per heavy atom. The van der Waals surface area contributed by atoms with Gasteiger partial charge in [0.15, 0.2) is 11.5 Å². The van der Waals surface area contributed by atoms with E-state index in [0.29, 0.717) is 11.5 Å². The van der Waals surface area contributed by atoms with Gasteiger partial charge in [0.1, 0.15) is 0 Å². The van der Waals surface area contributed by atoms with E-state index in [2.05, 4.69) is 42.2 Å². The first-order valence-electron chi connectivity index (χ1n) is 9.03. The average Bonchev–Trinajstić information content (AvgIpc) is 3.26. The lowest BCUT2D eigenvalue weighted by atomic mass is 10.1. The van der Waals surface area contributed by atoms with Crippen molar-refractivity contribution >= 4 is 23.1 Å². The van der Waals surface area contributed by atoms with E-state index in [0.717, 1.165) is 24.9 Å². The van der Waals surface area contributed by atoms with Crippen LogP contribution in [0.2, 0.25) is 0 Å². The summed E-state index contributed by atoms with van der Waals surface area (Å²) in [7, 11) is 0. The van der Waals surface area contributed by atoms with Gasteiger partial charge in [0.25, 0.3) is 5.91 Å². The molecule has 0 aliphatic carbocycles. The third-order valence-electron chi connectivity index (χ3n) is 4.65. The molecule has 0 saturated carbocycles. The minimum absolute atomic E-state index is 0.00585.